The molecule has 1 rings (SSSR count). The molecule has 5 nitrogen and oxygen atoms in total. The summed E-state index contributed by atoms with van der Waals surface area (Å²) in [5.74, 6) is -0.0176. The number of hydrogen-bond donors (Lipinski definition) is 2. The normalized spacial score (nSPS) is 14.1. The number of rotatable bonds is 3. The Labute approximate surface area is 115 Å². The number of amides is 1. The minimum atomic E-state index is -0.295. The zero-order valence-corrected chi connectivity index (χ0v) is 13.0. The van der Waals surface area contributed by atoms with Gasteiger partial charge in [0.2, 0.25) is 5.91 Å². The van der Waals surface area contributed by atoms with Crippen molar-refractivity contribution in [1.29, 1.82) is 0 Å². The molecule has 1 amide bonds. The lowest BCUT2D eigenvalue weighted by Gasteiger charge is -2.23. The van der Waals surface area contributed by atoms with Gasteiger partial charge in [0.05, 0.1) is 17.4 Å². The van der Waals surface area contributed by atoms with E-state index in [9.17, 15) is 4.79 Å². The van der Waals surface area contributed by atoms with Crippen LogP contribution in [0.3, 0.4) is 0 Å². The molecule has 0 aliphatic heterocycles. The first-order valence-electron chi connectivity index (χ1n) is 6.63. The molecule has 0 radical (unpaired) electrons. The van der Waals surface area contributed by atoms with Crippen molar-refractivity contribution >= 4 is 11.6 Å². The first-order chi connectivity index (χ1) is 8.49. The van der Waals surface area contributed by atoms with Gasteiger partial charge in [0.25, 0.3) is 0 Å². The molecule has 2 N–H and O–H groups in total. The van der Waals surface area contributed by atoms with Crippen LogP contribution in [0.15, 0.2) is 12.4 Å². The van der Waals surface area contributed by atoms with Crippen LogP contribution in [0.2, 0.25) is 0 Å². The first kappa shape index (κ1) is 15.5. The number of carbonyl (C=O) groups excluding carboxylic acids is 1. The maximum absolute atomic E-state index is 12.0. The smallest absolute Gasteiger partial charge is 0.242 e. The van der Waals surface area contributed by atoms with E-state index < -0.39 is 0 Å². The highest BCUT2D eigenvalue weighted by molar-refractivity contribution is 5.84. The minimum Gasteiger partial charge on any atom is -0.371 e. The highest BCUT2D eigenvalue weighted by Crippen LogP contribution is 2.16. The molecule has 0 fully saturated rings. The lowest BCUT2D eigenvalue weighted by atomic mass is 10.1. The lowest BCUT2D eigenvalue weighted by Crippen LogP contribution is -2.47. The zero-order chi connectivity index (χ0) is 14.8. The third-order valence-corrected chi connectivity index (χ3v) is 2.54. The van der Waals surface area contributed by atoms with E-state index in [2.05, 4.69) is 36.5 Å². The summed E-state index contributed by atoms with van der Waals surface area (Å²) in [5, 5.41) is 10.4. The Balaban J connectivity index is 2.65. The van der Waals surface area contributed by atoms with E-state index in [4.69, 9.17) is 0 Å². The summed E-state index contributed by atoms with van der Waals surface area (Å²) < 4.78 is 1.88. The van der Waals surface area contributed by atoms with Crippen LogP contribution >= 0.6 is 0 Å². The quantitative estimate of drug-likeness (QED) is 0.883. The number of nitrogens with zero attached hydrogens (tertiary/aromatic N) is 2. The molecule has 108 valence electrons. The SMILES string of the molecule is C[C@H](Nc1cnn(C(C)(C)C)c1)C(=O)NC(C)(C)C. The molecule has 0 saturated carbocycles. The second-order valence-electron chi connectivity index (χ2n) is 6.95. The van der Waals surface area contributed by atoms with Gasteiger partial charge in [-0.1, -0.05) is 0 Å². The van der Waals surface area contributed by atoms with Crippen molar-refractivity contribution in [2.45, 2.75) is 65.6 Å². The molecule has 5 heteroatoms. The van der Waals surface area contributed by atoms with Gasteiger partial charge in [-0.25, -0.2) is 0 Å². The van der Waals surface area contributed by atoms with Crippen LogP contribution in [0.5, 0.6) is 0 Å². The number of anilines is 1. The predicted octanol–water partition coefficient (Wildman–Crippen LogP) is 2.35. The maximum Gasteiger partial charge on any atom is 0.242 e. The van der Waals surface area contributed by atoms with E-state index in [-0.39, 0.29) is 23.0 Å². The Morgan fingerprint density at radius 2 is 1.84 bits per heavy atom. The van der Waals surface area contributed by atoms with Gasteiger partial charge in [0.15, 0.2) is 0 Å². The monoisotopic (exact) mass is 266 g/mol. The van der Waals surface area contributed by atoms with Crippen LogP contribution in [0, 0.1) is 0 Å². The van der Waals surface area contributed by atoms with Crippen LogP contribution in [0.25, 0.3) is 0 Å². The van der Waals surface area contributed by atoms with Crippen molar-refractivity contribution in [3.05, 3.63) is 12.4 Å². The van der Waals surface area contributed by atoms with Crippen LogP contribution < -0.4 is 10.6 Å². The van der Waals surface area contributed by atoms with E-state index in [1.165, 1.54) is 0 Å². The molecular formula is C14H26N4O. The van der Waals surface area contributed by atoms with Crippen LogP contribution in [0.4, 0.5) is 5.69 Å². The molecular weight excluding hydrogens is 240 g/mol. The molecule has 0 spiro atoms. The number of nitrogens with one attached hydrogen (secondary N) is 2. The molecule has 19 heavy (non-hydrogen) atoms. The fourth-order valence-corrected chi connectivity index (χ4v) is 1.56. The van der Waals surface area contributed by atoms with Crippen LogP contribution in [-0.2, 0) is 10.3 Å². The van der Waals surface area contributed by atoms with E-state index >= 15 is 0 Å². The van der Waals surface area contributed by atoms with Gasteiger partial charge < -0.3 is 10.6 Å². The molecule has 1 heterocycles. The second-order valence-corrected chi connectivity index (χ2v) is 6.95. The van der Waals surface area contributed by atoms with E-state index in [0.717, 1.165) is 5.69 Å². The van der Waals surface area contributed by atoms with Gasteiger partial charge in [0, 0.05) is 11.7 Å². The summed E-state index contributed by atoms with van der Waals surface area (Å²) in [4.78, 5) is 12.0. The Hall–Kier alpha value is -1.52. The van der Waals surface area contributed by atoms with Gasteiger partial charge in [-0.3, -0.25) is 9.48 Å². The fourth-order valence-electron chi connectivity index (χ4n) is 1.56. The third-order valence-electron chi connectivity index (χ3n) is 2.54. The average molecular weight is 266 g/mol. The predicted molar refractivity (Wildman–Crippen MR) is 78.2 cm³/mol. The zero-order valence-electron chi connectivity index (χ0n) is 13.0. The van der Waals surface area contributed by atoms with E-state index in [1.54, 1.807) is 6.20 Å². The van der Waals surface area contributed by atoms with Crippen molar-refractivity contribution in [3.8, 4) is 0 Å². The van der Waals surface area contributed by atoms with Gasteiger partial charge in [0.1, 0.15) is 6.04 Å². The van der Waals surface area contributed by atoms with Crippen molar-refractivity contribution in [2.75, 3.05) is 5.32 Å². The average Bonchev–Trinajstić information content (AvgIpc) is 2.62. The van der Waals surface area contributed by atoms with Gasteiger partial charge >= 0.3 is 0 Å². The van der Waals surface area contributed by atoms with E-state index in [0.29, 0.717) is 0 Å². The second kappa shape index (κ2) is 5.23. The van der Waals surface area contributed by atoms with Crippen molar-refractivity contribution < 1.29 is 4.79 Å². The summed E-state index contributed by atoms with van der Waals surface area (Å²) >= 11 is 0. The summed E-state index contributed by atoms with van der Waals surface area (Å²) in [6.07, 6.45) is 3.66. The topological polar surface area (TPSA) is 59.0 Å². The Kier molecular flexibility index (Phi) is 4.28. The standard InChI is InChI=1S/C14H26N4O/c1-10(12(19)17-13(2,3)4)16-11-8-15-18(9-11)14(5,6)7/h8-10,16H,1-7H3,(H,17,19)/t10-/m0/s1. The summed E-state index contributed by atoms with van der Waals surface area (Å²) in [6.45, 7) is 14.0. The minimum absolute atomic E-state index is 0.0176. The Bertz CT molecular complexity index is 437. The van der Waals surface area contributed by atoms with Crippen molar-refractivity contribution in [2.24, 2.45) is 0 Å². The van der Waals surface area contributed by atoms with Crippen LogP contribution in [0.1, 0.15) is 48.5 Å². The maximum atomic E-state index is 12.0. The summed E-state index contributed by atoms with van der Waals surface area (Å²) in [5.41, 5.74) is 0.575. The number of hydrogen-bond acceptors (Lipinski definition) is 3. The lowest BCUT2D eigenvalue weighted by molar-refractivity contribution is -0.122. The highest BCUT2D eigenvalue weighted by atomic mass is 16.2. The molecule has 0 aliphatic carbocycles. The third kappa shape index (κ3) is 4.93. The summed E-state index contributed by atoms with van der Waals surface area (Å²) in [7, 11) is 0. The van der Waals surface area contributed by atoms with Crippen molar-refractivity contribution in [1.82, 2.24) is 15.1 Å². The van der Waals surface area contributed by atoms with E-state index in [1.807, 2.05) is 38.6 Å². The van der Waals surface area contributed by atoms with Gasteiger partial charge in [-0.05, 0) is 48.5 Å². The summed E-state index contributed by atoms with van der Waals surface area (Å²) in [6, 6.07) is -0.295. The van der Waals surface area contributed by atoms with Crippen molar-refractivity contribution in [3.63, 3.8) is 0 Å². The fraction of sp³-hybridized carbons (Fsp3) is 0.714. The Morgan fingerprint density at radius 1 is 1.26 bits per heavy atom. The first-order valence-corrected chi connectivity index (χ1v) is 6.63. The molecule has 1 atom stereocenters. The molecule has 0 aliphatic rings. The molecule has 0 unspecified atom stereocenters. The molecule has 0 saturated heterocycles. The largest absolute Gasteiger partial charge is 0.371 e. The number of carbonyl (C=O) groups is 1. The Morgan fingerprint density at radius 3 is 2.26 bits per heavy atom. The van der Waals surface area contributed by atoms with Gasteiger partial charge in [-0.15, -0.1) is 0 Å². The molecule has 0 bridgehead atoms. The number of aromatic nitrogens is 2. The van der Waals surface area contributed by atoms with Crippen LogP contribution in [-0.4, -0.2) is 27.3 Å². The molecule has 1 aromatic heterocycles. The molecule has 1 aromatic rings. The highest BCUT2D eigenvalue weighted by Gasteiger charge is 2.20. The molecule has 0 aromatic carbocycles. The van der Waals surface area contributed by atoms with Gasteiger partial charge in [-0.2, -0.15) is 5.10 Å².